The van der Waals surface area contributed by atoms with Crippen molar-refractivity contribution in [2.45, 2.75) is 190 Å². The summed E-state index contributed by atoms with van der Waals surface area (Å²) in [6.07, 6.45) is 12.0. The highest BCUT2D eigenvalue weighted by Crippen LogP contribution is 2.49. The van der Waals surface area contributed by atoms with Crippen LogP contribution in [0.4, 0.5) is 0 Å². The third kappa shape index (κ3) is 17.9. The first-order chi connectivity index (χ1) is 60.0. The summed E-state index contributed by atoms with van der Waals surface area (Å²) in [6.45, 7) is 10.2. The zero-order valence-electron chi connectivity index (χ0n) is 70.3. The minimum absolute atomic E-state index is 0.0155. The minimum atomic E-state index is -1.30. The topological polar surface area (TPSA) is 375 Å². The molecule has 3 aliphatic heterocycles. The van der Waals surface area contributed by atoms with Crippen molar-refractivity contribution in [1.82, 2.24) is 42.7 Å². The van der Waals surface area contributed by atoms with E-state index in [0.29, 0.717) is 172 Å². The Morgan fingerprint density at radius 2 is 0.887 bits per heavy atom. The van der Waals surface area contributed by atoms with Crippen molar-refractivity contribution in [3.63, 3.8) is 0 Å². The summed E-state index contributed by atoms with van der Waals surface area (Å²) in [4.78, 5) is 135. The van der Waals surface area contributed by atoms with E-state index in [9.17, 15) is 43.2 Å². The summed E-state index contributed by atoms with van der Waals surface area (Å²) in [5, 5.41) is 4.05. The van der Waals surface area contributed by atoms with Gasteiger partial charge in [0.25, 0.3) is 16.7 Å². The Bertz CT molecular complexity index is 6090. The SMILES string of the molecule is COC(=O)C1(n2c(=O)c3c(C)c(Br)sc3n(C[C@H](OC3CCOCC3)c3ccccc3OC)c2=O)CCC1.COCCNC(=O)CC1(n2c(=O)c3c(C)c(-c4ncco4)sc3n(CC(OC3CCOCC3)c3ccccc3OC)c2=O)CC1.COc1ccccc1[C@H](Cn1c(=O)n(C2(CC(N)=O)CC2)c(=O)c2c(C)c(-c3ncco3)sc21)OC1CCOCC1. The van der Waals surface area contributed by atoms with E-state index in [2.05, 4.69) is 31.2 Å². The number of aromatic nitrogens is 8. The maximum absolute atomic E-state index is 14.6. The minimum Gasteiger partial charge on any atom is -0.496 e. The largest absolute Gasteiger partial charge is 0.496 e. The number of nitrogens with zero attached hydrogens (tertiary/aromatic N) is 8. The molecule has 0 bridgehead atoms. The van der Waals surface area contributed by atoms with E-state index < -0.39 is 80.6 Å². The van der Waals surface area contributed by atoms with Crippen molar-refractivity contribution >= 4 is 98.4 Å². The van der Waals surface area contributed by atoms with E-state index in [1.54, 1.807) is 48.3 Å². The number of amides is 2. The average molecular weight is 1830 g/mol. The highest BCUT2D eigenvalue weighted by Gasteiger charge is 2.53. The molecule has 3 atom stereocenters. The molecule has 0 spiro atoms. The molecule has 6 fully saturated rings. The Hall–Kier alpha value is -9.99. The summed E-state index contributed by atoms with van der Waals surface area (Å²) in [7, 11) is 7.66. The number of halogens is 1. The van der Waals surface area contributed by atoms with Gasteiger partial charge in [-0.05, 0) is 155 Å². The number of primary amides is 1. The van der Waals surface area contributed by atoms with Gasteiger partial charge in [0, 0.05) is 70.0 Å². The first-order valence-corrected chi connectivity index (χ1v) is 44.8. The van der Waals surface area contributed by atoms with Crippen LogP contribution in [0, 0.1) is 20.8 Å². The summed E-state index contributed by atoms with van der Waals surface area (Å²) < 4.78 is 84.2. The number of oxazole rings is 2. The molecule has 3 saturated heterocycles. The predicted octanol–water partition coefficient (Wildman–Crippen LogP) is 11.6. The smallest absolute Gasteiger partial charge is 0.333 e. The highest BCUT2D eigenvalue weighted by atomic mass is 79.9. The Labute approximate surface area is 732 Å². The van der Waals surface area contributed by atoms with Gasteiger partial charge in [-0.1, -0.05) is 54.6 Å². The monoisotopic (exact) mass is 1820 g/mol. The lowest BCUT2D eigenvalue weighted by molar-refractivity contribution is -0.157. The summed E-state index contributed by atoms with van der Waals surface area (Å²) in [5.74, 6) is 1.30. The highest BCUT2D eigenvalue weighted by molar-refractivity contribution is 9.11. The molecule has 36 heteroatoms. The molecular formula is C88H101BrN10O22S3. The lowest BCUT2D eigenvalue weighted by atomic mass is 9.76. The van der Waals surface area contributed by atoms with Crippen molar-refractivity contribution < 1.29 is 75.3 Å². The van der Waals surface area contributed by atoms with Crippen LogP contribution in [0.5, 0.6) is 17.2 Å². The number of thiophene rings is 3. The normalized spacial score (nSPS) is 17.5. The van der Waals surface area contributed by atoms with Crippen molar-refractivity contribution in [2.24, 2.45) is 5.73 Å². The number of ether oxygens (including phenoxy) is 11. The van der Waals surface area contributed by atoms with Crippen LogP contribution in [-0.2, 0) is 88.5 Å². The van der Waals surface area contributed by atoms with Gasteiger partial charge in [0.2, 0.25) is 23.6 Å². The van der Waals surface area contributed by atoms with E-state index in [1.165, 1.54) is 69.0 Å². The lowest BCUT2D eigenvalue weighted by Crippen LogP contribution is -2.59. The Morgan fingerprint density at radius 3 is 1.23 bits per heavy atom. The number of para-hydroxylation sites is 3. The number of carbonyl (C=O) groups excluding carboxylic acids is 3. The third-order valence-electron chi connectivity index (χ3n) is 24.3. The Morgan fingerprint density at radius 1 is 0.516 bits per heavy atom. The number of hydrogen-bond acceptors (Lipinski definition) is 27. The molecule has 6 aliphatic rings. The van der Waals surface area contributed by atoms with Crippen LogP contribution in [0.2, 0.25) is 0 Å². The van der Waals surface area contributed by atoms with Gasteiger partial charge in [0.05, 0.1) is 139 Å². The number of fused-ring (bicyclic) bond motifs is 3. The molecule has 3 N–H and O–H groups in total. The average Bonchev–Trinajstić information content (AvgIpc) is 1.59. The fourth-order valence-corrected chi connectivity index (χ4v) is 21.5. The molecule has 660 valence electrons. The van der Waals surface area contributed by atoms with E-state index in [0.717, 1.165) is 75.6 Å². The number of carbonyl (C=O) groups is 3. The van der Waals surface area contributed by atoms with Crippen LogP contribution in [0.25, 0.3) is 52.2 Å². The van der Waals surface area contributed by atoms with Crippen LogP contribution in [0.15, 0.2) is 139 Å². The van der Waals surface area contributed by atoms with Crippen LogP contribution in [-0.4, -0.2) is 162 Å². The molecule has 0 radical (unpaired) electrons. The summed E-state index contributed by atoms with van der Waals surface area (Å²) in [5.41, 5.74) is 4.02. The molecule has 11 heterocycles. The second-order valence-electron chi connectivity index (χ2n) is 32.0. The predicted molar refractivity (Wildman–Crippen MR) is 467 cm³/mol. The van der Waals surface area contributed by atoms with Crippen molar-refractivity contribution in [2.75, 3.05) is 88.3 Å². The second kappa shape index (κ2) is 38.5. The fourth-order valence-electron chi connectivity index (χ4n) is 17.3. The second-order valence-corrected chi connectivity index (χ2v) is 36.3. The van der Waals surface area contributed by atoms with E-state index >= 15 is 0 Å². The number of nitrogens with one attached hydrogen (secondary N) is 1. The van der Waals surface area contributed by atoms with Crippen molar-refractivity contribution in [1.29, 1.82) is 0 Å². The molecule has 2 amide bonds. The van der Waals surface area contributed by atoms with Crippen LogP contribution in [0.3, 0.4) is 0 Å². The third-order valence-corrected chi connectivity index (χ3v) is 29.1. The molecule has 3 aromatic carbocycles. The fraction of sp³-hybridized carbons (Fsp3) is 0.489. The van der Waals surface area contributed by atoms with E-state index in [-0.39, 0.29) is 56.7 Å². The number of nitrogens with two attached hydrogens (primary N) is 1. The number of rotatable bonds is 31. The zero-order valence-corrected chi connectivity index (χ0v) is 74.4. The molecule has 1 unspecified atom stereocenters. The number of benzene rings is 3. The van der Waals surface area contributed by atoms with Gasteiger partial charge < -0.3 is 72.0 Å². The maximum atomic E-state index is 14.6. The Kier molecular flexibility index (Phi) is 27.6. The number of esters is 1. The number of methoxy groups -OCH3 is 5. The van der Waals surface area contributed by atoms with E-state index in [1.807, 2.05) is 93.6 Å². The quantitative estimate of drug-likeness (QED) is 0.0301. The van der Waals surface area contributed by atoms with Gasteiger partial charge in [0.15, 0.2) is 0 Å². The molecule has 17 rings (SSSR count). The molecule has 8 aromatic heterocycles. The van der Waals surface area contributed by atoms with Gasteiger partial charge in [0.1, 0.15) is 68.1 Å². The van der Waals surface area contributed by atoms with Gasteiger partial charge in [-0.25, -0.2) is 33.7 Å². The zero-order chi connectivity index (χ0) is 87.3. The molecule has 3 aliphatic carbocycles. The lowest BCUT2D eigenvalue weighted by Gasteiger charge is -2.40. The van der Waals surface area contributed by atoms with Crippen LogP contribution >= 0.6 is 49.9 Å². The van der Waals surface area contributed by atoms with Gasteiger partial charge in [-0.2, -0.15) is 0 Å². The van der Waals surface area contributed by atoms with Gasteiger partial charge in [-0.3, -0.25) is 46.8 Å². The molecule has 3 saturated carbocycles. The molecule has 32 nitrogen and oxygen atoms in total. The van der Waals surface area contributed by atoms with Crippen LogP contribution < -0.4 is 59.0 Å². The first-order valence-electron chi connectivity index (χ1n) is 41.6. The van der Waals surface area contributed by atoms with E-state index in [4.69, 9.17) is 66.7 Å². The molecule has 11 aromatic rings. The Balaban J connectivity index is 0.000000145. The summed E-state index contributed by atoms with van der Waals surface area (Å²) >= 11 is 7.46. The van der Waals surface area contributed by atoms with Crippen LogP contribution in [0.1, 0.15) is 148 Å². The standard InChI is InChI=1S/C32H38N4O8S.C29H32N4O7S.C27H31BrN2O7S/c1-20-26-29(38)36(32(10-11-32)18-25(37)33-12-16-40-2)31(39)35(30(26)45-27(20)28-34-13-17-43-28)19-24(44-21-8-14-42-15-9-21)22-6-4-5-7-23(22)41-3;1-17-23-26(35)33(29(9-10-29)15-22(30)34)28(36)32(27(23)41-24(17)25-31-11-14-39-25)16-21(40-18-7-12-38-13-8-18)19-5-3-4-6-20(19)37-2;1-16-21-23(31)30(27(11-6-12-27)25(32)35-3)26(33)29(24(21)38-22(16)28)15-20(37-17-9-13-36-14-10-17)18-7-4-5-8-19(18)34-2/h4-7,13,17,21,24H,8-12,14-16,18-19H2,1-3H3,(H,33,37);3-6,11,14,18,21H,7-10,12-13,15-16H2,1-2H3,(H2,30,34);4-5,7-8,17,20H,6,9-15H2,1-3H3/t;21-;20-/m.00/s1. The first kappa shape index (κ1) is 88.9. The van der Waals surface area contributed by atoms with Gasteiger partial charge >= 0.3 is 23.0 Å². The number of hydrogen-bond donors (Lipinski definition) is 2. The maximum Gasteiger partial charge on any atom is 0.333 e. The number of aryl methyl sites for hydroxylation is 3. The molecule has 124 heavy (non-hydrogen) atoms. The molecular weight excluding hydrogens is 1730 g/mol. The van der Waals surface area contributed by atoms with Crippen molar-refractivity contribution in [3.8, 4) is 38.8 Å². The summed E-state index contributed by atoms with van der Waals surface area (Å²) in [6, 6.07) is 22.7. The van der Waals surface area contributed by atoms with Gasteiger partial charge in [-0.15, -0.1) is 34.0 Å². The van der Waals surface area contributed by atoms with Crippen molar-refractivity contribution in [3.05, 3.63) is 197 Å².